The number of benzene rings is 1. The molecule has 0 spiro atoms. The molecule has 2 aromatic rings. The fourth-order valence-corrected chi connectivity index (χ4v) is 2.12. The molecule has 1 aromatic carbocycles. The highest BCUT2D eigenvalue weighted by atomic mass is 32.1. The van der Waals surface area contributed by atoms with Crippen LogP contribution in [0.5, 0.6) is 5.75 Å². The first-order chi connectivity index (χ1) is 8.74. The van der Waals surface area contributed by atoms with Crippen molar-refractivity contribution in [3.05, 3.63) is 35.8 Å². The molecular weight excluding hydrogens is 244 g/mol. The van der Waals surface area contributed by atoms with Crippen LogP contribution in [-0.2, 0) is 6.42 Å². The summed E-state index contributed by atoms with van der Waals surface area (Å²) in [5.74, 6) is 2.69. The fourth-order valence-electron chi connectivity index (χ4n) is 1.90. The van der Waals surface area contributed by atoms with Crippen LogP contribution in [0.4, 0.5) is 0 Å². The number of nitrogens with one attached hydrogen (secondary N) is 1. The Balaban J connectivity index is 2.24. The zero-order valence-electron chi connectivity index (χ0n) is 10.7. The Morgan fingerprint density at radius 3 is 2.61 bits per heavy atom. The SMILES string of the molecule is CCOc1ccc(-c2nc(CCS)[nH]c2C)cc1. The van der Waals surface area contributed by atoms with Crippen molar-refractivity contribution in [2.24, 2.45) is 0 Å². The van der Waals surface area contributed by atoms with E-state index < -0.39 is 0 Å². The van der Waals surface area contributed by atoms with Gasteiger partial charge in [0.1, 0.15) is 11.6 Å². The lowest BCUT2D eigenvalue weighted by atomic mass is 10.1. The molecule has 18 heavy (non-hydrogen) atoms. The molecule has 0 aliphatic heterocycles. The molecule has 2 rings (SSSR count). The number of thiol groups is 1. The highest BCUT2D eigenvalue weighted by molar-refractivity contribution is 7.80. The van der Waals surface area contributed by atoms with Crippen LogP contribution in [0.3, 0.4) is 0 Å². The molecule has 0 fully saturated rings. The Labute approximate surface area is 113 Å². The van der Waals surface area contributed by atoms with E-state index in [9.17, 15) is 0 Å². The molecule has 0 aliphatic rings. The number of aryl methyl sites for hydroxylation is 2. The Bertz CT molecular complexity index is 505. The lowest BCUT2D eigenvalue weighted by molar-refractivity contribution is 0.340. The Kier molecular flexibility index (Phi) is 4.31. The van der Waals surface area contributed by atoms with Gasteiger partial charge in [-0.25, -0.2) is 4.98 Å². The molecule has 0 unspecified atom stereocenters. The number of hydrogen-bond acceptors (Lipinski definition) is 3. The number of aromatic amines is 1. The monoisotopic (exact) mass is 262 g/mol. The number of rotatable bonds is 5. The molecule has 3 nitrogen and oxygen atoms in total. The van der Waals surface area contributed by atoms with Crippen molar-refractivity contribution in [1.82, 2.24) is 9.97 Å². The summed E-state index contributed by atoms with van der Waals surface area (Å²) in [5.41, 5.74) is 3.21. The van der Waals surface area contributed by atoms with E-state index in [0.29, 0.717) is 6.61 Å². The van der Waals surface area contributed by atoms with E-state index in [-0.39, 0.29) is 0 Å². The van der Waals surface area contributed by atoms with Gasteiger partial charge in [-0.1, -0.05) is 0 Å². The number of nitrogens with zero attached hydrogens (tertiary/aromatic N) is 1. The molecule has 0 aliphatic carbocycles. The minimum atomic E-state index is 0.687. The zero-order chi connectivity index (χ0) is 13.0. The first-order valence-electron chi connectivity index (χ1n) is 6.14. The van der Waals surface area contributed by atoms with Crippen LogP contribution in [0, 0.1) is 6.92 Å². The molecule has 0 amide bonds. The molecule has 0 saturated heterocycles. The van der Waals surface area contributed by atoms with Gasteiger partial charge in [0, 0.05) is 17.7 Å². The van der Waals surface area contributed by atoms with Gasteiger partial charge in [0.15, 0.2) is 0 Å². The van der Waals surface area contributed by atoms with Crippen LogP contribution in [0.1, 0.15) is 18.4 Å². The normalized spacial score (nSPS) is 10.6. The number of aromatic nitrogens is 2. The van der Waals surface area contributed by atoms with Gasteiger partial charge in [-0.2, -0.15) is 12.6 Å². The third-order valence-corrected chi connectivity index (χ3v) is 2.94. The maximum atomic E-state index is 5.43. The van der Waals surface area contributed by atoms with E-state index in [1.54, 1.807) is 0 Å². The van der Waals surface area contributed by atoms with Crippen molar-refractivity contribution in [1.29, 1.82) is 0 Å². The molecule has 1 aromatic heterocycles. The standard InChI is InChI=1S/C14H18N2OS/c1-3-17-12-6-4-11(5-7-12)14-10(2)15-13(16-14)8-9-18/h4-7,18H,3,8-9H2,1-2H3,(H,15,16). The van der Waals surface area contributed by atoms with E-state index >= 15 is 0 Å². The van der Waals surface area contributed by atoms with E-state index in [2.05, 4.69) is 22.6 Å². The molecule has 0 radical (unpaired) electrons. The van der Waals surface area contributed by atoms with Gasteiger partial charge in [-0.3, -0.25) is 0 Å². The summed E-state index contributed by atoms with van der Waals surface area (Å²) in [6.07, 6.45) is 0.862. The predicted molar refractivity (Wildman–Crippen MR) is 77.5 cm³/mol. The second kappa shape index (κ2) is 5.96. The summed E-state index contributed by atoms with van der Waals surface area (Å²) in [4.78, 5) is 7.89. The van der Waals surface area contributed by atoms with Gasteiger partial charge in [-0.05, 0) is 43.9 Å². The van der Waals surface area contributed by atoms with E-state index in [4.69, 9.17) is 4.74 Å². The lowest BCUT2D eigenvalue weighted by Crippen LogP contribution is -1.91. The minimum absolute atomic E-state index is 0.687. The van der Waals surface area contributed by atoms with Crippen LogP contribution in [0.25, 0.3) is 11.3 Å². The van der Waals surface area contributed by atoms with E-state index in [1.165, 1.54) is 0 Å². The second-order valence-electron chi connectivity index (χ2n) is 4.09. The van der Waals surface area contributed by atoms with Gasteiger partial charge in [-0.15, -0.1) is 0 Å². The maximum Gasteiger partial charge on any atom is 0.119 e. The number of imidazole rings is 1. The third-order valence-electron chi connectivity index (χ3n) is 2.72. The van der Waals surface area contributed by atoms with Crippen molar-refractivity contribution >= 4 is 12.6 Å². The molecule has 1 heterocycles. The number of H-pyrrole nitrogens is 1. The number of ether oxygens (including phenoxy) is 1. The predicted octanol–water partition coefficient (Wildman–Crippen LogP) is 3.26. The highest BCUT2D eigenvalue weighted by Gasteiger charge is 2.08. The van der Waals surface area contributed by atoms with Gasteiger partial charge in [0.05, 0.1) is 12.3 Å². The largest absolute Gasteiger partial charge is 0.494 e. The van der Waals surface area contributed by atoms with Crippen molar-refractivity contribution in [3.63, 3.8) is 0 Å². The zero-order valence-corrected chi connectivity index (χ0v) is 11.6. The third kappa shape index (κ3) is 2.88. The first-order valence-corrected chi connectivity index (χ1v) is 6.77. The van der Waals surface area contributed by atoms with Crippen LogP contribution in [0.2, 0.25) is 0 Å². The lowest BCUT2D eigenvalue weighted by Gasteiger charge is -2.03. The fraction of sp³-hybridized carbons (Fsp3) is 0.357. The summed E-state index contributed by atoms with van der Waals surface area (Å²) < 4.78 is 5.43. The summed E-state index contributed by atoms with van der Waals surface area (Å²) in [6, 6.07) is 8.04. The van der Waals surface area contributed by atoms with E-state index in [0.717, 1.165) is 40.7 Å². The smallest absolute Gasteiger partial charge is 0.119 e. The van der Waals surface area contributed by atoms with Gasteiger partial charge in [0.25, 0.3) is 0 Å². The Morgan fingerprint density at radius 1 is 1.28 bits per heavy atom. The Morgan fingerprint density at radius 2 is 2.00 bits per heavy atom. The second-order valence-corrected chi connectivity index (χ2v) is 4.54. The average Bonchev–Trinajstić information content (AvgIpc) is 2.72. The van der Waals surface area contributed by atoms with Crippen molar-refractivity contribution in [3.8, 4) is 17.0 Å². The van der Waals surface area contributed by atoms with Crippen LogP contribution < -0.4 is 4.74 Å². The molecule has 0 saturated carbocycles. The first kappa shape index (κ1) is 13.0. The molecule has 0 bridgehead atoms. The summed E-state index contributed by atoms with van der Waals surface area (Å²) in [6.45, 7) is 4.71. The van der Waals surface area contributed by atoms with Crippen LogP contribution >= 0.6 is 12.6 Å². The summed E-state index contributed by atoms with van der Waals surface area (Å²) in [7, 11) is 0. The maximum absolute atomic E-state index is 5.43. The van der Waals surface area contributed by atoms with Gasteiger partial charge in [0.2, 0.25) is 0 Å². The van der Waals surface area contributed by atoms with E-state index in [1.807, 2.05) is 38.1 Å². The van der Waals surface area contributed by atoms with Crippen LogP contribution in [-0.4, -0.2) is 22.3 Å². The molecule has 1 N–H and O–H groups in total. The molecule has 96 valence electrons. The Hall–Kier alpha value is -1.42. The number of hydrogen-bond donors (Lipinski definition) is 2. The summed E-state index contributed by atoms with van der Waals surface area (Å²) >= 11 is 4.22. The quantitative estimate of drug-likeness (QED) is 0.812. The topological polar surface area (TPSA) is 37.9 Å². The van der Waals surface area contributed by atoms with Crippen molar-refractivity contribution in [2.75, 3.05) is 12.4 Å². The minimum Gasteiger partial charge on any atom is -0.494 e. The molecule has 4 heteroatoms. The van der Waals surface area contributed by atoms with Gasteiger partial charge < -0.3 is 9.72 Å². The average molecular weight is 262 g/mol. The van der Waals surface area contributed by atoms with Crippen molar-refractivity contribution < 1.29 is 4.74 Å². The molecular formula is C14H18N2OS. The van der Waals surface area contributed by atoms with Gasteiger partial charge >= 0.3 is 0 Å². The highest BCUT2D eigenvalue weighted by Crippen LogP contribution is 2.24. The van der Waals surface area contributed by atoms with Crippen molar-refractivity contribution in [2.45, 2.75) is 20.3 Å². The summed E-state index contributed by atoms with van der Waals surface area (Å²) in [5, 5.41) is 0. The molecule has 0 atom stereocenters. The van der Waals surface area contributed by atoms with Crippen LogP contribution in [0.15, 0.2) is 24.3 Å².